The van der Waals surface area contributed by atoms with Gasteiger partial charge in [-0.15, -0.1) is 0 Å². The largest absolute Gasteiger partial charge is 0.444 e. The van der Waals surface area contributed by atoms with E-state index in [9.17, 15) is 9.90 Å². The van der Waals surface area contributed by atoms with E-state index >= 15 is 0 Å². The maximum absolute atomic E-state index is 12.2. The van der Waals surface area contributed by atoms with E-state index in [1.54, 1.807) is 0 Å². The van der Waals surface area contributed by atoms with E-state index in [1.807, 2.05) is 20.8 Å². The zero-order valence-corrected chi connectivity index (χ0v) is 12.6. The molecule has 21 heavy (non-hydrogen) atoms. The molecular formula is C14H21N3O4. The van der Waals surface area contributed by atoms with Crippen molar-refractivity contribution in [2.45, 2.75) is 63.7 Å². The number of aliphatic hydroxyl groups is 1. The molecule has 116 valence electrons. The third kappa shape index (κ3) is 3.18. The minimum Gasteiger partial charge on any atom is -0.444 e. The number of hydrogen-bond donors (Lipinski definition) is 1. The van der Waals surface area contributed by atoms with Crippen molar-refractivity contribution in [3.63, 3.8) is 0 Å². The van der Waals surface area contributed by atoms with Gasteiger partial charge in [0.25, 0.3) is 0 Å². The summed E-state index contributed by atoms with van der Waals surface area (Å²) in [4.78, 5) is 18.1. The van der Waals surface area contributed by atoms with Gasteiger partial charge in [-0.3, -0.25) is 4.90 Å². The van der Waals surface area contributed by atoms with E-state index in [-0.39, 0.29) is 6.54 Å². The number of hydrogen-bond acceptors (Lipinski definition) is 6. The molecule has 3 rings (SSSR count). The van der Waals surface area contributed by atoms with Crippen LogP contribution in [-0.4, -0.2) is 44.5 Å². The lowest BCUT2D eigenvalue weighted by atomic mass is 10.2. The van der Waals surface area contributed by atoms with Gasteiger partial charge in [-0.1, -0.05) is 5.16 Å². The Bertz CT molecular complexity index is 533. The second-order valence-electron chi connectivity index (χ2n) is 6.80. The summed E-state index contributed by atoms with van der Waals surface area (Å²) in [5, 5.41) is 13.8. The lowest BCUT2D eigenvalue weighted by Crippen LogP contribution is -2.37. The first-order valence-corrected chi connectivity index (χ1v) is 7.34. The van der Waals surface area contributed by atoms with Crippen LogP contribution in [0.3, 0.4) is 0 Å². The van der Waals surface area contributed by atoms with Crippen LogP contribution in [0.5, 0.6) is 0 Å². The molecule has 0 unspecified atom stereocenters. The van der Waals surface area contributed by atoms with E-state index < -0.39 is 23.8 Å². The molecule has 1 saturated heterocycles. The van der Waals surface area contributed by atoms with Gasteiger partial charge in [0.1, 0.15) is 11.6 Å². The molecule has 1 aliphatic carbocycles. The fraction of sp³-hybridized carbons (Fsp3) is 0.786. The number of likely N-dealkylation sites (tertiary alicyclic amines) is 1. The number of carbonyl (C=O) groups excluding carboxylic acids is 1. The van der Waals surface area contributed by atoms with Crippen molar-refractivity contribution in [1.82, 2.24) is 15.0 Å². The van der Waals surface area contributed by atoms with E-state index in [0.717, 1.165) is 12.8 Å². The molecule has 2 aliphatic rings. The number of carbonyl (C=O) groups is 1. The van der Waals surface area contributed by atoms with Crippen LogP contribution < -0.4 is 0 Å². The van der Waals surface area contributed by atoms with Gasteiger partial charge >= 0.3 is 6.09 Å². The Morgan fingerprint density at radius 3 is 2.76 bits per heavy atom. The zero-order chi connectivity index (χ0) is 15.2. The van der Waals surface area contributed by atoms with Crippen molar-refractivity contribution in [2.24, 2.45) is 0 Å². The molecule has 0 radical (unpaired) electrons. The fourth-order valence-corrected chi connectivity index (χ4v) is 2.46. The first kappa shape index (κ1) is 14.3. The van der Waals surface area contributed by atoms with Crippen molar-refractivity contribution >= 4 is 6.09 Å². The third-order valence-electron chi connectivity index (χ3n) is 3.59. The van der Waals surface area contributed by atoms with Crippen LogP contribution in [0.2, 0.25) is 0 Å². The lowest BCUT2D eigenvalue weighted by molar-refractivity contribution is 0.0184. The minimum atomic E-state index is -0.598. The second-order valence-corrected chi connectivity index (χ2v) is 6.80. The van der Waals surface area contributed by atoms with Crippen molar-refractivity contribution in [1.29, 1.82) is 0 Å². The summed E-state index contributed by atoms with van der Waals surface area (Å²) >= 11 is 0. The molecule has 2 atom stereocenters. The standard InChI is InChI=1S/C14H21N3O4/c1-14(2,3)20-13(19)17-7-9(18)6-10(17)12-15-11(16-21-12)8-4-5-8/h8-10,18H,4-7H2,1-3H3/t9-,10+/m0/s1. The number of rotatable bonds is 2. The van der Waals surface area contributed by atoms with E-state index in [4.69, 9.17) is 9.26 Å². The zero-order valence-electron chi connectivity index (χ0n) is 12.6. The summed E-state index contributed by atoms with van der Waals surface area (Å²) in [6.45, 7) is 5.65. The molecule has 2 heterocycles. The number of β-amino-alcohol motifs (C(OH)–C–C–N with tert-alkyl or cyclic N) is 1. The predicted molar refractivity (Wildman–Crippen MR) is 72.6 cm³/mol. The summed E-state index contributed by atoms with van der Waals surface area (Å²) in [6.07, 6.45) is 1.50. The van der Waals surface area contributed by atoms with Crippen LogP contribution in [0.25, 0.3) is 0 Å². The van der Waals surface area contributed by atoms with Gasteiger partial charge in [-0.25, -0.2) is 4.79 Å². The quantitative estimate of drug-likeness (QED) is 0.897. The van der Waals surface area contributed by atoms with Crippen LogP contribution in [0.4, 0.5) is 4.79 Å². The highest BCUT2D eigenvalue weighted by molar-refractivity contribution is 5.69. The summed E-state index contributed by atoms with van der Waals surface area (Å²) in [5.41, 5.74) is -0.580. The highest BCUT2D eigenvalue weighted by atomic mass is 16.6. The molecule has 0 bridgehead atoms. The monoisotopic (exact) mass is 295 g/mol. The lowest BCUT2D eigenvalue weighted by Gasteiger charge is -2.26. The molecule has 1 N–H and O–H groups in total. The Kier molecular flexibility index (Phi) is 3.39. The summed E-state index contributed by atoms with van der Waals surface area (Å²) in [6, 6.07) is -0.408. The molecular weight excluding hydrogens is 274 g/mol. The Hall–Kier alpha value is -1.63. The van der Waals surface area contributed by atoms with Gasteiger partial charge in [-0.2, -0.15) is 4.98 Å². The smallest absolute Gasteiger partial charge is 0.411 e. The molecule has 1 aromatic rings. The van der Waals surface area contributed by atoms with Gasteiger partial charge in [0.2, 0.25) is 5.89 Å². The van der Waals surface area contributed by atoms with Gasteiger partial charge in [0.05, 0.1) is 12.6 Å². The molecule has 1 saturated carbocycles. The van der Waals surface area contributed by atoms with Crippen LogP contribution in [-0.2, 0) is 4.74 Å². The summed E-state index contributed by atoms with van der Waals surface area (Å²) in [7, 11) is 0. The Morgan fingerprint density at radius 2 is 2.14 bits per heavy atom. The molecule has 1 aromatic heterocycles. The summed E-state index contributed by atoms with van der Waals surface area (Å²) < 4.78 is 10.7. The Balaban J connectivity index is 1.76. The maximum Gasteiger partial charge on any atom is 0.411 e. The van der Waals surface area contributed by atoms with E-state index in [0.29, 0.717) is 24.1 Å². The third-order valence-corrected chi connectivity index (χ3v) is 3.59. The Labute approximate surface area is 123 Å². The average molecular weight is 295 g/mol. The van der Waals surface area contributed by atoms with Crippen LogP contribution in [0, 0.1) is 0 Å². The van der Waals surface area contributed by atoms with Crippen molar-refractivity contribution in [3.05, 3.63) is 11.7 Å². The molecule has 0 aromatic carbocycles. The molecule has 7 nitrogen and oxygen atoms in total. The molecule has 1 aliphatic heterocycles. The van der Waals surface area contributed by atoms with Crippen molar-refractivity contribution in [3.8, 4) is 0 Å². The highest BCUT2D eigenvalue weighted by Gasteiger charge is 2.41. The summed E-state index contributed by atoms with van der Waals surface area (Å²) in [5.74, 6) is 1.48. The van der Waals surface area contributed by atoms with Crippen LogP contribution in [0.15, 0.2) is 4.52 Å². The number of aliphatic hydroxyl groups excluding tert-OH is 1. The second kappa shape index (κ2) is 4.98. The molecule has 0 spiro atoms. The number of amides is 1. The topological polar surface area (TPSA) is 88.7 Å². The van der Waals surface area contributed by atoms with Gasteiger partial charge in [0, 0.05) is 12.3 Å². The van der Waals surface area contributed by atoms with Gasteiger partial charge in [-0.05, 0) is 33.6 Å². The Morgan fingerprint density at radius 1 is 1.43 bits per heavy atom. The predicted octanol–water partition coefficient (Wildman–Crippen LogP) is 1.99. The van der Waals surface area contributed by atoms with E-state index in [2.05, 4.69) is 10.1 Å². The minimum absolute atomic E-state index is 0.223. The van der Waals surface area contributed by atoms with Crippen LogP contribution >= 0.6 is 0 Å². The first-order valence-electron chi connectivity index (χ1n) is 7.34. The highest BCUT2D eigenvalue weighted by Crippen LogP contribution is 2.40. The maximum atomic E-state index is 12.2. The molecule has 7 heteroatoms. The fourth-order valence-electron chi connectivity index (χ4n) is 2.46. The number of aromatic nitrogens is 2. The number of ether oxygens (including phenoxy) is 1. The molecule has 2 fully saturated rings. The van der Waals surface area contributed by atoms with Gasteiger partial charge in [0.15, 0.2) is 5.82 Å². The van der Waals surface area contributed by atoms with E-state index in [1.165, 1.54) is 4.90 Å². The van der Waals surface area contributed by atoms with Crippen LogP contribution in [0.1, 0.15) is 63.7 Å². The molecule has 1 amide bonds. The average Bonchev–Trinajstić information content (AvgIpc) is 2.96. The normalized spacial score (nSPS) is 26.2. The van der Waals surface area contributed by atoms with Crippen molar-refractivity contribution < 1.29 is 19.2 Å². The van der Waals surface area contributed by atoms with Crippen molar-refractivity contribution in [2.75, 3.05) is 6.54 Å². The number of nitrogens with zero attached hydrogens (tertiary/aromatic N) is 3. The SMILES string of the molecule is CC(C)(C)OC(=O)N1C[C@@H](O)C[C@@H]1c1nc(C2CC2)no1. The first-order chi connectivity index (χ1) is 9.83. The van der Waals surface area contributed by atoms with Gasteiger partial charge < -0.3 is 14.4 Å².